The van der Waals surface area contributed by atoms with Gasteiger partial charge in [0, 0.05) is 43.8 Å². The summed E-state index contributed by atoms with van der Waals surface area (Å²) in [5.41, 5.74) is 5.34. The summed E-state index contributed by atoms with van der Waals surface area (Å²) in [4.78, 5) is 24.6. The summed E-state index contributed by atoms with van der Waals surface area (Å²) in [7, 11) is 4.15. The maximum atomic E-state index is 13.1. The fourth-order valence-electron chi connectivity index (χ4n) is 4.61. The smallest absolute Gasteiger partial charge is 0.410 e. The lowest BCUT2D eigenvalue weighted by molar-refractivity contribution is 0.0919. The van der Waals surface area contributed by atoms with Gasteiger partial charge in [-0.1, -0.05) is 72.8 Å². The maximum absolute atomic E-state index is 13.1. The number of benzene rings is 3. The number of nitrogens with zero attached hydrogens (tertiary/aromatic N) is 4. The third kappa shape index (κ3) is 11.3. The third-order valence-corrected chi connectivity index (χ3v) is 7.51. The highest BCUT2D eigenvalue weighted by Gasteiger charge is 2.17. The molecule has 1 amide bonds. The van der Waals surface area contributed by atoms with E-state index in [2.05, 4.69) is 77.4 Å². The number of hydrogen-bond acceptors (Lipinski definition) is 7. The predicted octanol–water partition coefficient (Wildman–Crippen LogP) is 6.70. The van der Waals surface area contributed by atoms with Crippen LogP contribution in [0.5, 0.6) is 5.75 Å². The van der Waals surface area contributed by atoms with Crippen LogP contribution in [0.1, 0.15) is 34.4 Å². The van der Waals surface area contributed by atoms with Gasteiger partial charge in [-0.25, -0.2) is 4.79 Å². The normalized spacial score (nSPS) is 11.1. The van der Waals surface area contributed by atoms with E-state index >= 15 is 0 Å². The van der Waals surface area contributed by atoms with Crippen LogP contribution in [0.25, 0.3) is 0 Å². The van der Waals surface area contributed by atoms with Crippen molar-refractivity contribution in [3.63, 3.8) is 0 Å². The van der Waals surface area contributed by atoms with E-state index in [4.69, 9.17) is 9.47 Å². The van der Waals surface area contributed by atoms with E-state index in [1.807, 2.05) is 36.4 Å². The Morgan fingerprint density at radius 2 is 1.36 bits per heavy atom. The molecule has 1 aromatic heterocycles. The van der Waals surface area contributed by atoms with Crippen LogP contribution in [0.3, 0.4) is 0 Å². The minimum atomic E-state index is -0.303. The molecule has 7 nitrogen and oxygen atoms in total. The number of ether oxygens (including phenoxy) is 2. The molecule has 222 valence electrons. The third-order valence-electron chi connectivity index (χ3n) is 6.75. The molecular formula is C34H42N4O3S. The highest BCUT2D eigenvalue weighted by atomic mass is 32.1. The lowest BCUT2D eigenvalue weighted by atomic mass is 10.1. The second-order valence-corrected chi connectivity index (χ2v) is 11.6. The molecular weight excluding hydrogens is 544 g/mol. The first kappa shape index (κ1) is 31.2. The van der Waals surface area contributed by atoms with Gasteiger partial charge in [0.25, 0.3) is 0 Å². The largest absolute Gasteiger partial charge is 0.494 e. The summed E-state index contributed by atoms with van der Waals surface area (Å²) >= 11 is 1.54. The van der Waals surface area contributed by atoms with Crippen LogP contribution in [0.4, 0.5) is 4.79 Å². The van der Waals surface area contributed by atoms with Crippen molar-refractivity contribution in [3.05, 3.63) is 118 Å². The molecule has 0 spiro atoms. The minimum absolute atomic E-state index is 0.303. The second kappa shape index (κ2) is 17.3. The van der Waals surface area contributed by atoms with Crippen molar-refractivity contribution in [3.8, 4) is 5.75 Å². The van der Waals surface area contributed by atoms with Gasteiger partial charge in [0.2, 0.25) is 0 Å². The molecule has 3 aromatic carbocycles. The summed E-state index contributed by atoms with van der Waals surface area (Å²) < 4.78 is 11.7. The van der Waals surface area contributed by atoms with E-state index in [1.165, 1.54) is 11.1 Å². The zero-order chi connectivity index (χ0) is 29.4. The Hall–Kier alpha value is -3.72. The van der Waals surface area contributed by atoms with Crippen LogP contribution < -0.4 is 4.74 Å². The average Bonchev–Trinajstić information content (AvgIpc) is 3.52. The molecule has 0 aliphatic carbocycles. The standard InChI is InChI=1S/C34H42N4O3S/c1-36(2)19-9-21-40-32-17-15-31(16-18-32)25-37(24-29-11-5-3-6-12-29)20-10-22-41-34(39)38(27-33-23-35-28-42-33)26-30-13-7-4-8-14-30/h3-8,11-18,23,28H,9-10,19-22,24-27H2,1-2H3. The van der Waals surface area contributed by atoms with E-state index in [9.17, 15) is 4.79 Å². The van der Waals surface area contributed by atoms with Crippen LogP contribution >= 0.6 is 11.3 Å². The summed E-state index contributed by atoms with van der Waals surface area (Å²) in [6, 6.07) is 28.9. The Labute approximate surface area is 254 Å². The molecule has 0 saturated heterocycles. The highest BCUT2D eigenvalue weighted by Crippen LogP contribution is 2.17. The Balaban J connectivity index is 1.30. The second-order valence-electron chi connectivity index (χ2n) is 10.6. The molecule has 0 atom stereocenters. The number of amides is 1. The predicted molar refractivity (Wildman–Crippen MR) is 169 cm³/mol. The van der Waals surface area contributed by atoms with E-state index in [0.29, 0.717) is 26.3 Å². The maximum Gasteiger partial charge on any atom is 0.410 e. The molecule has 0 aliphatic heterocycles. The van der Waals surface area contributed by atoms with Crippen molar-refractivity contribution in [1.29, 1.82) is 0 Å². The first-order valence-electron chi connectivity index (χ1n) is 14.5. The van der Waals surface area contributed by atoms with Gasteiger partial charge in [-0.15, -0.1) is 11.3 Å². The molecule has 8 heteroatoms. The van der Waals surface area contributed by atoms with Gasteiger partial charge >= 0.3 is 6.09 Å². The summed E-state index contributed by atoms with van der Waals surface area (Å²) in [5.74, 6) is 0.900. The number of carbonyl (C=O) groups excluding carboxylic acids is 1. The van der Waals surface area contributed by atoms with Crippen molar-refractivity contribution < 1.29 is 14.3 Å². The van der Waals surface area contributed by atoms with Crippen LogP contribution in [0.2, 0.25) is 0 Å². The van der Waals surface area contributed by atoms with Crippen LogP contribution in [-0.4, -0.2) is 66.2 Å². The van der Waals surface area contributed by atoms with Crippen LogP contribution in [0, 0.1) is 0 Å². The minimum Gasteiger partial charge on any atom is -0.494 e. The molecule has 0 N–H and O–H groups in total. The van der Waals surface area contributed by atoms with E-state index in [-0.39, 0.29) is 6.09 Å². The Morgan fingerprint density at radius 1 is 0.738 bits per heavy atom. The summed E-state index contributed by atoms with van der Waals surface area (Å²) in [5, 5.41) is 0. The van der Waals surface area contributed by atoms with Crippen molar-refractivity contribution in [2.75, 3.05) is 40.4 Å². The van der Waals surface area contributed by atoms with Crippen LogP contribution in [0.15, 0.2) is 96.6 Å². The molecule has 0 radical (unpaired) electrons. The number of thiazole rings is 1. The molecule has 0 saturated carbocycles. The topological polar surface area (TPSA) is 58.1 Å². The molecule has 0 unspecified atom stereocenters. The molecule has 4 rings (SSSR count). The van der Waals surface area contributed by atoms with Gasteiger partial charge in [0.1, 0.15) is 5.75 Å². The molecule has 1 heterocycles. The quantitative estimate of drug-likeness (QED) is 0.128. The van der Waals surface area contributed by atoms with E-state index in [0.717, 1.165) is 55.2 Å². The molecule has 0 fully saturated rings. The first-order valence-corrected chi connectivity index (χ1v) is 15.4. The molecule has 0 aliphatic rings. The first-order chi connectivity index (χ1) is 20.5. The van der Waals surface area contributed by atoms with Crippen molar-refractivity contribution in [1.82, 2.24) is 19.7 Å². The van der Waals surface area contributed by atoms with Gasteiger partial charge in [-0.3, -0.25) is 14.8 Å². The van der Waals surface area contributed by atoms with Gasteiger partial charge in [-0.2, -0.15) is 0 Å². The summed E-state index contributed by atoms with van der Waals surface area (Å²) in [6.07, 6.45) is 3.24. The number of aromatic nitrogens is 1. The number of carbonyl (C=O) groups is 1. The van der Waals surface area contributed by atoms with Crippen LogP contribution in [-0.2, 0) is 30.9 Å². The SMILES string of the molecule is CN(C)CCCOc1ccc(CN(CCCOC(=O)N(Cc2ccccc2)Cc2cncs2)Cc2ccccc2)cc1. The lowest BCUT2D eigenvalue weighted by Gasteiger charge is -2.24. The molecule has 4 aromatic rings. The monoisotopic (exact) mass is 586 g/mol. The Bertz CT molecular complexity index is 1290. The van der Waals surface area contributed by atoms with Crippen molar-refractivity contribution >= 4 is 17.4 Å². The summed E-state index contributed by atoms with van der Waals surface area (Å²) in [6.45, 7) is 5.48. The van der Waals surface area contributed by atoms with Crippen molar-refractivity contribution in [2.45, 2.75) is 39.0 Å². The Kier molecular flexibility index (Phi) is 12.8. The zero-order valence-corrected chi connectivity index (χ0v) is 25.5. The average molecular weight is 587 g/mol. The van der Waals surface area contributed by atoms with Gasteiger partial charge < -0.3 is 14.4 Å². The lowest BCUT2D eigenvalue weighted by Crippen LogP contribution is -2.31. The number of hydrogen-bond donors (Lipinski definition) is 0. The molecule has 42 heavy (non-hydrogen) atoms. The van der Waals surface area contributed by atoms with E-state index < -0.39 is 0 Å². The zero-order valence-electron chi connectivity index (χ0n) is 24.7. The number of rotatable bonds is 17. The van der Waals surface area contributed by atoms with Gasteiger partial charge in [0.15, 0.2) is 0 Å². The Morgan fingerprint density at radius 3 is 1.98 bits per heavy atom. The fraction of sp³-hybridized carbons (Fsp3) is 0.353. The molecule has 0 bridgehead atoms. The van der Waals surface area contributed by atoms with Gasteiger partial charge in [-0.05, 0) is 55.8 Å². The van der Waals surface area contributed by atoms with E-state index in [1.54, 1.807) is 27.9 Å². The van der Waals surface area contributed by atoms with Crippen molar-refractivity contribution in [2.24, 2.45) is 0 Å². The fourth-order valence-corrected chi connectivity index (χ4v) is 5.22. The highest BCUT2D eigenvalue weighted by molar-refractivity contribution is 7.09. The van der Waals surface area contributed by atoms with Gasteiger partial charge in [0.05, 0.1) is 25.3 Å².